The van der Waals surface area contributed by atoms with Crippen molar-refractivity contribution in [2.75, 3.05) is 13.1 Å². The number of fused-ring (bicyclic) bond motifs is 1. The zero-order chi connectivity index (χ0) is 12.8. The van der Waals surface area contributed by atoms with Gasteiger partial charge < -0.3 is 11.1 Å². The van der Waals surface area contributed by atoms with E-state index in [1.165, 1.54) is 0 Å². The molecular formula is C14H16ClN3. The molecule has 0 radical (unpaired) electrons. The van der Waals surface area contributed by atoms with Crippen LogP contribution in [0.1, 0.15) is 0 Å². The Kier molecular flexibility index (Phi) is 4.56. The number of nitrogens with two attached hydrogens (primary N) is 1. The van der Waals surface area contributed by atoms with Crippen LogP contribution in [0.5, 0.6) is 0 Å². The highest BCUT2D eigenvalue weighted by atomic mass is 35.5. The molecule has 1 heterocycles. The summed E-state index contributed by atoms with van der Waals surface area (Å²) in [6.07, 6.45) is 16.1. The van der Waals surface area contributed by atoms with Crippen molar-refractivity contribution in [3.63, 3.8) is 0 Å². The van der Waals surface area contributed by atoms with Crippen molar-refractivity contribution in [1.82, 2.24) is 5.32 Å². The molecule has 3 N–H and O–H groups in total. The Balaban J connectivity index is 2.02. The van der Waals surface area contributed by atoms with Crippen LogP contribution in [0.4, 0.5) is 0 Å². The van der Waals surface area contributed by atoms with Crippen molar-refractivity contribution < 1.29 is 0 Å². The second-order valence-electron chi connectivity index (χ2n) is 4.02. The van der Waals surface area contributed by atoms with Gasteiger partial charge in [0.1, 0.15) is 0 Å². The Hall–Kier alpha value is -1.58. The first-order chi connectivity index (χ1) is 8.78. The standard InChI is InChI=1S/C14H16ClN3/c15-12(9-16)5-6-17-14-8-11-3-1-2-4-13(7-11)18-10-14/h1-5,7-8,10,13,17H,6,9,16H2/b12-5+. The fourth-order valence-electron chi connectivity index (χ4n) is 1.68. The van der Waals surface area contributed by atoms with Gasteiger partial charge in [0.15, 0.2) is 0 Å². The Labute approximate surface area is 112 Å². The molecule has 94 valence electrons. The van der Waals surface area contributed by atoms with Crippen molar-refractivity contribution in [2.24, 2.45) is 10.7 Å². The Morgan fingerprint density at radius 1 is 1.50 bits per heavy atom. The van der Waals surface area contributed by atoms with Gasteiger partial charge in [0.25, 0.3) is 0 Å². The highest BCUT2D eigenvalue weighted by Gasteiger charge is 2.05. The first-order valence-corrected chi connectivity index (χ1v) is 6.26. The van der Waals surface area contributed by atoms with Gasteiger partial charge in [0.05, 0.1) is 11.7 Å². The zero-order valence-corrected chi connectivity index (χ0v) is 10.8. The first kappa shape index (κ1) is 12.9. The molecule has 1 aliphatic carbocycles. The zero-order valence-electron chi connectivity index (χ0n) is 10.0. The van der Waals surface area contributed by atoms with Gasteiger partial charge in [-0.05, 0) is 23.8 Å². The molecule has 2 aliphatic rings. The van der Waals surface area contributed by atoms with Crippen LogP contribution in [0, 0.1) is 0 Å². The van der Waals surface area contributed by atoms with Crippen molar-refractivity contribution in [1.29, 1.82) is 0 Å². The minimum atomic E-state index is 0.119. The van der Waals surface area contributed by atoms with Crippen molar-refractivity contribution >= 4 is 17.8 Å². The number of hydrogen-bond acceptors (Lipinski definition) is 3. The molecule has 1 atom stereocenters. The van der Waals surface area contributed by atoms with Crippen LogP contribution >= 0.6 is 11.6 Å². The molecule has 2 rings (SSSR count). The number of allylic oxidation sites excluding steroid dienone is 6. The van der Waals surface area contributed by atoms with E-state index in [0.29, 0.717) is 18.1 Å². The monoisotopic (exact) mass is 261 g/mol. The van der Waals surface area contributed by atoms with E-state index in [0.717, 1.165) is 11.3 Å². The van der Waals surface area contributed by atoms with E-state index in [1.807, 2.05) is 24.4 Å². The maximum Gasteiger partial charge on any atom is 0.0873 e. The van der Waals surface area contributed by atoms with Crippen LogP contribution in [-0.2, 0) is 0 Å². The molecule has 0 saturated heterocycles. The Bertz CT molecular complexity index is 481. The smallest absolute Gasteiger partial charge is 0.0873 e. The molecular weight excluding hydrogens is 246 g/mol. The predicted octanol–water partition coefficient (Wildman–Crippen LogP) is 2.05. The largest absolute Gasteiger partial charge is 0.380 e. The van der Waals surface area contributed by atoms with E-state index in [4.69, 9.17) is 17.3 Å². The minimum Gasteiger partial charge on any atom is -0.380 e. The summed E-state index contributed by atoms with van der Waals surface area (Å²) in [7, 11) is 0. The second kappa shape index (κ2) is 6.38. The van der Waals surface area contributed by atoms with Crippen LogP contribution < -0.4 is 11.1 Å². The van der Waals surface area contributed by atoms with Gasteiger partial charge in [0, 0.05) is 24.3 Å². The lowest BCUT2D eigenvalue weighted by atomic mass is 10.2. The molecule has 3 nitrogen and oxygen atoms in total. The topological polar surface area (TPSA) is 50.4 Å². The van der Waals surface area contributed by atoms with E-state index in [2.05, 4.69) is 34.6 Å². The lowest BCUT2D eigenvalue weighted by Crippen LogP contribution is -2.15. The fourth-order valence-corrected chi connectivity index (χ4v) is 1.76. The number of hydrogen-bond donors (Lipinski definition) is 2. The van der Waals surface area contributed by atoms with E-state index < -0.39 is 0 Å². The number of nitrogens with zero attached hydrogens (tertiary/aromatic N) is 1. The maximum absolute atomic E-state index is 5.84. The quantitative estimate of drug-likeness (QED) is 0.814. The van der Waals surface area contributed by atoms with Crippen molar-refractivity contribution in [3.8, 4) is 0 Å². The molecule has 0 saturated carbocycles. The van der Waals surface area contributed by atoms with Gasteiger partial charge in [0.2, 0.25) is 0 Å². The van der Waals surface area contributed by atoms with Gasteiger partial charge in [-0.25, -0.2) is 0 Å². The first-order valence-electron chi connectivity index (χ1n) is 5.88. The minimum absolute atomic E-state index is 0.119. The summed E-state index contributed by atoms with van der Waals surface area (Å²) in [5.74, 6) is 0. The fraction of sp³-hybridized carbons (Fsp3) is 0.214. The van der Waals surface area contributed by atoms with Crippen molar-refractivity contribution in [3.05, 3.63) is 58.8 Å². The molecule has 0 aromatic carbocycles. The predicted molar refractivity (Wildman–Crippen MR) is 77.7 cm³/mol. The third-order valence-electron chi connectivity index (χ3n) is 2.60. The third-order valence-corrected chi connectivity index (χ3v) is 2.91. The van der Waals surface area contributed by atoms with Crippen molar-refractivity contribution in [2.45, 2.75) is 6.04 Å². The summed E-state index contributed by atoms with van der Waals surface area (Å²) in [5.41, 5.74) is 7.53. The summed E-state index contributed by atoms with van der Waals surface area (Å²) in [6, 6.07) is 0.119. The third kappa shape index (κ3) is 3.72. The van der Waals surface area contributed by atoms with Gasteiger partial charge in [-0.3, -0.25) is 4.99 Å². The Morgan fingerprint density at radius 2 is 2.39 bits per heavy atom. The normalized spacial score (nSPS) is 22.1. The van der Waals surface area contributed by atoms with E-state index >= 15 is 0 Å². The summed E-state index contributed by atoms with van der Waals surface area (Å²) in [5, 5.41) is 3.92. The molecule has 0 spiro atoms. The second-order valence-corrected chi connectivity index (χ2v) is 4.50. The number of nitrogens with one attached hydrogen (secondary N) is 1. The summed E-state index contributed by atoms with van der Waals surface area (Å²) in [6.45, 7) is 1.02. The molecule has 2 bridgehead atoms. The van der Waals surface area contributed by atoms with Crippen LogP contribution in [0.2, 0.25) is 0 Å². The molecule has 1 aliphatic heterocycles. The van der Waals surface area contributed by atoms with Gasteiger partial charge in [-0.2, -0.15) is 0 Å². The van der Waals surface area contributed by atoms with E-state index in [-0.39, 0.29) is 6.04 Å². The molecule has 18 heavy (non-hydrogen) atoms. The summed E-state index contributed by atoms with van der Waals surface area (Å²) in [4.78, 5) is 4.47. The molecule has 4 heteroatoms. The lowest BCUT2D eigenvalue weighted by Gasteiger charge is -2.04. The maximum atomic E-state index is 5.84. The van der Waals surface area contributed by atoms with Crippen LogP contribution in [0.25, 0.3) is 0 Å². The van der Waals surface area contributed by atoms with Gasteiger partial charge in [-0.15, -0.1) is 0 Å². The van der Waals surface area contributed by atoms with E-state index in [9.17, 15) is 0 Å². The van der Waals surface area contributed by atoms with E-state index in [1.54, 1.807) is 0 Å². The van der Waals surface area contributed by atoms with Gasteiger partial charge in [-0.1, -0.05) is 35.9 Å². The lowest BCUT2D eigenvalue weighted by molar-refractivity contribution is 0.944. The van der Waals surface area contributed by atoms with Crippen LogP contribution in [-0.4, -0.2) is 25.3 Å². The SMILES string of the molecule is NC/C(Cl)=C\CNC1=CC2=CC(C=CC=C2)N=C1. The average Bonchev–Trinajstić information content (AvgIpc) is 2.71. The summed E-state index contributed by atoms with van der Waals surface area (Å²) >= 11 is 5.84. The molecule has 0 amide bonds. The average molecular weight is 262 g/mol. The molecule has 1 unspecified atom stereocenters. The molecule has 0 aromatic rings. The highest BCUT2D eigenvalue weighted by Crippen LogP contribution is 2.14. The van der Waals surface area contributed by atoms with Crippen LogP contribution in [0.15, 0.2) is 63.8 Å². The number of rotatable bonds is 4. The number of aliphatic imine (C=N–C) groups is 1. The van der Waals surface area contributed by atoms with Crippen LogP contribution in [0.3, 0.4) is 0 Å². The Morgan fingerprint density at radius 3 is 3.22 bits per heavy atom. The highest BCUT2D eigenvalue weighted by molar-refractivity contribution is 6.29. The summed E-state index contributed by atoms with van der Waals surface area (Å²) < 4.78 is 0. The number of halogens is 1. The van der Waals surface area contributed by atoms with Gasteiger partial charge >= 0.3 is 0 Å². The molecule has 0 aromatic heterocycles. The molecule has 0 fully saturated rings.